The number of rotatable bonds is 7. The number of methoxy groups -OCH3 is 1. The zero-order valence-electron chi connectivity index (χ0n) is 23.1. The Labute approximate surface area is 232 Å². The number of carboxylic acid groups (broad SMARTS) is 1. The van der Waals surface area contributed by atoms with Crippen LogP contribution in [-0.4, -0.2) is 23.2 Å². The largest absolute Gasteiger partial charge is 0.489 e. The molecule has 1 spiro atoms. The number of carboxylic acids is 1. The number of aliphatic carboxylic acids is 1. The van der Waals surface area contributed by atoms with Gasteiger partial charge in [0.15, 0.2) is 0 Å². The van der Waals surface area contributed by atoms with Gasteiger partial charge in [-0.05, 0) is 94.8 Å². The van der Waals surface area contributed by atoms with Gasteiger partial charge in [-0.25, -0.2) is 0 Å². The second-order valence-corrected chi connectivity index (χ2v) is 12.0. The summed E-state index contributed by atoms with van der Waals surface area (Å²) in [6.45, 7) is 6.30. The Balaban J connectivity index is 1.45. The fourth-order valence-electron chi connectivity index (χ4n) is 6.31. The standard InChI is InChI=1S/C32H34F3NO4/c1-30(2,3)28(39-4)24-14-19(7-10-23(24)21-11-13-36-27(15-21)32(33,34)35)18-40-22-9-8-20-6-5-12-31(25(20)16-22)17-26(31)29(37)38/h7-11,13-16,26,28H,5-6,12,17-18H2,1-4H3,(H,37,38)/t26-,28-,31-/m0/s1. The molecule has 3 atom stereocenters. The Kier molecular flexibility index (Phi) is 7.19. The molecule has 2 aliphatic rings. The number of pyridine rings is 1. The molecule has 1 N–H and O–H groups in total. The van der Waals surface area contributed by atoms with E-state index in [1.54, 1.807) is 13.2 Å². The molecule has 1 fully saturated rings. The van der Waals surface area contributed by atoms with Crippen molar-refractivity contribution in [1.29, 1.82) is 0 Å². The third-order valence-electron chi connectivity index (χ3n) is 8.25. The fraction of sp³-hybridized carbons (Fsp3) is 0.438. The summed E-state index contributed by atoms with van der Waals surface area (Å²) in [4.78, 5) is 15.2. The predicted octanol–water partition coefficient (Wildman–Crippen LogP) is 7.76. The van der Waals surface area contributed by atoms with Crippen molar-refractivity contribution in [2.75, 3.05) is 7.11 Å². The molecular weight excluding hydrogens is 519 g/mol. The lowest BCUT2D eigenvalue weighted by Crippen LogP contribution is -2.21. The molecule has 3 aromatic rings. The van der Waals surface area contributed by atoms with E-state index >= 15 is 0 Å². The summed E-state index contributed by atoms with van der Waals surface area (Å²) in [6.07, 6.45) is -0.298. The van der Waals surface area contributed by atoms with Gasteiger partial charge in [-0.2, -0.15) is 13.2 Å². The highest BCUT2D eigenvalue weighted by Crippen LogP contribution is 2.60. The van der Waals surface area contributed by atoms with Crippen molar-refractivity contribution in [3.05, 3.63) is 82.7 Å². The number of hydrogen-bond acceptors (Lipinski definition) is 4. The fourth-order valence-corrected chi connectivity index (χ4v) is 6.31. The Morgan fingerprint density at radius 3 is 2.55 bits per heavy atom. The summed E-state index contributed by atoms with van der Waals surface area (Å²) in [5.74, 6) is -0.411. The van der Waals surface area contributed by atoms with Crippen LogP contribution in [0.15, 0.2) is 54.7 Å². The highest BCUT2D eigenvalue weighted by Gasteiger charge is 2.60. The summed E-state index contributed by atoms with van der Waals surface area (Å²) in [5.41, 5.74) is 3.38. The Morgan fingerprint density at radius 1 is 1.12 bits per heavy atom. The summed E-state index contributed by atoms with van der Waals surface area (Å²) in [6, 6.07) is 14.2. The van der Waals surface area contributed by atoms with Crippen LogP contribution in [-0.2, 0) is 34.2 Å². The molecule has 2 aromatic carbocycles. The molecule has 1 saturated carbocycles. The van der Waals surface area contributed by atoms with Gasteiger partial charge >= 0.3 is 12.1 Å². The van der Waals surface area contributed by atoms with Crippen molar-refractivity contribution >= 4 is 5.97 Å². The third-order valence-corrected chi connectivity index (χ3v) is 8.25. The highest BCUT2D eigenvalue weighted by molar-refractivity contribution is 5.78. The van der Waals surface area contributed by atoms with Gasteiger partial charge < -0.3 is 14.6 Å². The lowest BCUT2D eigenvalue weighted by Gasteiger charge is -2.32. The first-order valence-electron chi connectivity index (χ1n) is 13.5. The van der Waals surface area contributed by atoms with Crippen molar-refractivity contribution in [1.82, 2.24) is 4.98 Å². The SMILES string of the molecule is CO[C@@H](c1cc(COc2ccc3c(c2)[C@]2(CCC3)C[C@H]2C(=O)O)ccc1-c1ccnc(C(F)(F)F)c1)C(C)(C)C. The van der Waals surface area contributed by atoms with Gasteiger partial charge in [0.1, 0.15) is 18.1 Å². The number of aryl methyl sites for hydroxylation is 1. The van der Waals surface area contributed by atoms with Crippen LogP contribution >= 0.6 is 0 Å². The monoisotopic (exact) mass is 553 g/mol. The minimum absolute atomic E-state index is 0.242. The first-order chi connectivity index (χ1) is 18.8. The topological polar surface area (TPSA) is 68.7 Å². The predicted molar refractivity (Wildman–Crippen MR) is 145 cm³/mol. The summed E-state index contributed by atoms with van der Waals surface area (Å²) in [5, 5.41) is 9.62. The van der Waals surface area contributed by atoms with Crippen molar-refractivity contribution in [2.45, 2.75) is 70.8 Å². The van der Waals surface area contributed by atoms with Gasteiger partial charge in [-0.1, -0.05) is 39.0 Å². The van der Waals surface area contributed by atoms with Gasteiger partial charge in [-0.3, -0.25) is 9.78 Å². The number of nitrogens with zero attached hydrogens (tertiary/aromatic N) is 1. The maximum absolute atomic E-state index is 13.4. The quantitative estimate of drug-likeness (QED) is 0.324. The Morgan fingerprint density at radius 2 is 1.90 bits per heavy atom. The molecule has 0 saturated heterocycles. The third kappa shape index (κ3) is 5.33. The Hall–Kier alpha value is -3.39. The van der Waals surface area contributed by atoms with E-state index in [-0.39, 0.29) is 23.4 Å². The molecule has 0 unspecified atom stereocenters. The van der Waals surface area contributed by atoms with Gasteiger partial charge in [0.05, 0.1) is 12.0 Å². The number of aromatic nitrogens is 1. The van der Waals surface area contributed by atoms with E-state index in [4.69, 9.17) is 9.47 Å². The van der Waals surface area contributed by atoms with Crippen LogP contribution in [0.2, 0.25) is 0 Å². The van der Waals surface area contributed by atoms with Crippen molar-refractivity contribution in [3.63, 3.8) is 0 Å². The molecule has 8 heteroatoms. The number of benzene rings is 2. The van der Waals surface area contributed by atoms with Crippen LogP contribution in [0.1, 0.15) is 74.1 Å². The number of fused-ring (bicyclic) bond motifs is 2. The average molecular weight is 554 g/mol. The zero-order valence-corrected chi connectivity index (χ0v) is 23.1. The van der Waals surface area contributed by atoms with Gasteiger partial charge in [0, 0.05) is 18.7 Å². The number of ether oxygens (including phenoxy) is 2. The van der Waals surface area contributed by atoms with Crippen LogP contribution in [0.3, 0.4) is 0 Å². The molecular formula is C32H34F3NO4. The van der Waals surface area contributed by atoms with Gasteiger partial charge in [0.2, 0.25) is 0 Å². The van der Waals surface area contributed by atoms with E-state index in [1.807, 2.05) is 57.2 Å². The number of hydrogen-bond donors (Lipinski definition) is 1. The van der Waals surface area contributed by atoms with Crippen LogP contribution in [0.4, 0.5) is 13.2 Å². The van der Waals surface area contributed by atoms with Gasteiger partial charge in [-0.15, -0.1) is 0 Å². The minimum atomic E-state index is -4.55. The van der Waals surface area contributed by atoms with Crippen LogP contribution in [0.5, 0.6) is 5.75 Å². The second kappa shape index (κ2) is 10.2. The number of halogens is 3. The molecule has 212 valence electrons. The maximum Gasteiger partial charge on any atom is 0.433 e. The molecule has 5 rings (SSSR count). The first-order valence-corrected chi connectivity index (χ1v) is 13.5. The molecule has 0 amide bonds. The molecule has 2 aliphatic carbocycles. The van der Waals surface area contributed by atoms with Crippen LogP contribution in [0.25, 0.3) is 11.1 Å². The van der Waals surface area contributed by atoms with Crippen molar-refractivity contribution < 1.29 is 32.5 Å². The van der Waals surface area contributed by atoms with E-state index in [2.05, 4.69) is 4.98 Å². The normalized spacial score (nSPS) is 21.1. The summed E-state index contributed by atoms with van der Waals surface area (Å²) in [7, 11) is 1.60. The van der Waals surface area contributed by atoms with E-state index in [0.29, 0.717) is 23.3 Å². The van der Waals surface area contributed by atoms with Crippen LogP contribution < -0.4 is 4.74 Å². The number of carbonyl (C=O) groups is 1. The maximum atomic E-state index is 13.4. The van der Waals surface area contributed by atoms with E-state index < -0.39 is 23.9 Å². The highest BCUT2D eigenvalue weighted by atomic mass is 19.4. The molecule has 0 aliphatic heterocycles. The molecule has 1 heterocycles. The molecule has 40 heavy (non-hydrogen) atoms. The summed E-state index contributed by atoms with van der Waals surface area (Å²) >= 11 is 0. The number of alkyl halides is 3. The molecule has 0 bridgehead atoms. The van der Waals surface area contributed by atoms with Crippen molar-refractivity contribution in [3.8, 4) is 16.9 Å². The van der Waals surface area contributed by atoms with Crippen molar-refractivity contribution in [2.24, 2.45) is 11.3 Å². The average Bonchev–Trinajstić information content (AvgIpc) is 3.62. The van der Waals surface area contributed by atoms with E-state index in [1.165, 1.54) is 11.8 Å². The van der Waals surface area contributed by atoms with Gasteiger partial charge in [0.25, 0.3) is 0 Å². The summed E-state index contributed by atoms with van der Waals surface area (Å²) < 4.78 is 52.3. The second-order valence-electron chi connectivity index (χ2n) is 12.0. The lowest BCUT2D eigenvalue weighted by atomic mass is 9.78. The van der Waals surface area contributed by atoms with E-state index in [0.717, 1.165) is 42.0 Å². The minimum Gasteiger partial charge on any atom is -0.489 e. The molecule has 1 aromatic heterocycles. The van der Waals surface area contributed by atoms with Crippen LogP contribution in [0, 0.1) is 11.3 Å². The Bertz CT molecular complexity index is 1430. The first kappa shape index (κ1) is 28.1. The molecule has 0 radical (unpaired) electrons. The lowest BCUT2D eigenvalue weighted by molar-refractivity contribution is -0.141. The smallest absolute Gasteiger partial charge is 0.433 e. The molecule has 5 nitrogen and oxygen atoms in total. The zero-order chi connectivity index (χ0) is 28.9. The van der Waals surface area contributed by atoms with E-state index in [9.17, 15) is 23.1 Å².